The molecule has 2 nitrogen and oxygen atoms in total. The lowest BCUT2D eigenvalue weighted by Crippen LogP contribution is -2.32. The fourth-order valence-corrected chi connectivity index (χ4v) is 2.21. The summed E-state index contributed by atoms with van der Waals surface area (Å²) in [5.41, 5.74) is 1.30. The van der Waals surface area contributed by atoms with Gasteiger partial charge in [0.05, 0.1) is 0 Å². The van der Waals surface area contributed by atoms with E-state index in [9.17, 15) is 0 Å². The normalized spacial score (nSPS) is 12.7. The fraction of sp³-hybridized carbons (Fsp3) is 0.647. The highest BCUT2D eigenvalue weighted by atomic mass is 16.5. The minimum absolute atomic E-state index is 0.274. The van der Waals surface area contributed by atoms with Crippen LogP contribution in [0.15, 0.2) is 24.3 Å². The van der Waals surface area contributed by atoms with E-state index in [0.717, 1.165) is 31.7 Å². The van der Waals surface area contributed by atoms with Gasteiger partial charge in [0.25, 0.3) is 0 Å². The van der Waals surface area contributed by atoms with E-state index in [4.69, 9.17) is 4.74 Å². The van der Waals surface area contributed by atoms with E-state index in [1.165, 1.54) is 12.0 Å². The summed E-state index contributed by atoms with van der Waals surface area (Å²) < 4.78 is 6.23. The molecule has 0 aliphatic rings. The predicted octanol–water partition coefficient (Wildman–Crippen LogP) is 4.36. The molecule has 1 rings (SSSR count). The molecule has 0 heterocycles. The first-order valence-electron chi connectivity index (χ1n) is 7.65. The Balaban J connectivity index is 2.67. The number of para-hydroxylation sites is 1. The van der Waals surface area contributed by atoms with Crippen molar-refractivity contribution in [1.29, 1.82) is 0 Å². The van der Waals surface area contributed by atoms with Crippen molar-refractivity contribution in [3.05, 3.63) is 29.8 Å². The van der Waals surface area contributed by atoms with Crippen LogP contribution >= 0.6 is 0 Å². The van der Waals surface area contributed by atoms with Gasteiger partial charge in [-0.3, -0.25) is 0 Å². The van der Waals surface area contributed by atoms with Crippen LogP contribution in [-0.2, 0) is 0 Å². The second-order valence-corrected chi connectivity index (χ2v) is 5.43. The van der Waals surface area contributed by atoms with Gasteiger partial charge in [-0.1, -0.05) is 52.3 Å². The van der Waals surface area contributed by atoms with Gasteiger partial charge in [0.2, 0.25) is 0 Å². The first kappa shape index (κ1) is 16.0. The standard InChI is InChI=1S/C17H29NO/c1-5-9-15(13-18-12-6-2)19-17-11-8-7-10-16(17)14(3)4/h7-8,10-11,14-15,18H,5-6,9,12-13H2,1-4H3. The van der Waals surface area contributed by atoms with Gasteiger partial charge < -0.3 is 10.1 Å². The number of rotatable bonds is 9. The Hall–Kier alpha value is -1.02. The molecular formula is C17H29NO. The molecule has 0 saturated carbocycles. The summed E-state index contributed by atoms with van der Waals surface area (Å²) >= 11 is 0. The van der Waals surface area contributed by atoms with Crippen LogP contribution in [0.25, 0.3) is 0 Å². The highest BCUT2D eigenvalue weighted by Crippen LogP contribution is 2.27. The largest absolute Gasteiger partial charge is 0.489 e. The van der Waals surface area contributed by atoms with Crippen LogP contribution in [-0.4, -0.2) is 19.2 Å². The van der Waals surface area contributed by atoms with Crippen LogP contribution in [0.4, 0.5) is 0 Å². The van der Waals surface area contributed by atoms with Gasteiger partial charge in [-0.2, -0.15) is 0 Å². The second-order valence-electron chi connectivity index (χ2n) is 5.43. The van der Waals surface area contributed by atoms with E-state index in [2.05, 4.69) is 57.3 Å². The number of nitrogens with one attached hydrogen (secondary N) is 1. The van der Waals surface area contributed by atoms with E-state index in [-0.39, 0.29) is 6.10 Å². The maximum atomic E-state index is 6.23. The lowest BCUT2D eigenvalue weighted by Gasteiger charge is -2.22. The lowest BCUT2D eigenvalue weighted by molar-refractivity contribution is 0.184. The van der Waals surface area contributed by atoms with Gasteiger partial charge in [0.1, 0.15) is 11.9 Å². The van der Waals surface area contributed by atoms with E-state index >= 15 is 0 Å². The van der Waals surface area contributed by atoms with Crippen molar-refractivity contribution in [1.82, 2.24) is 5.32 Å². The SMILES string of the molecule is CCCNCC(CCC)Oc1ccccc1C(C)C. The predicted molar refractivity (Wildman–Crippen MR) is 83.0 cm³/mol. The number of hydrogen-bond donors (Lipinski definition) is 1. The molecule has 0 aliphatic carbocycles. The fourth-order valence-electron chi connectivity index (χ4n) is 2.21. The van der Waals surface area contributed by atoms with Gasteiger partial charge in [0.15, 0.2) is 0 Å². The summed E-state index contributed by atoms with van der Waals surface area (Å²) in [4.78, 5) is 0. The molecule has 0 saturated heterocycles. The van der Waals surface area contributed by atoms with Gasteiger partial charge in [-0.05, 0) is 36.9 Å². The molecule has 1 atom stereocenters. The van der Waals surface area contributed by atoms with Crippen LogP contribution in [0.1, 0.15) is 58.4 Å². The average molecular weight is 263 g/mol. The monoisotopic (exact) mass is 263 g/mol. The molecule has 2 heteroatoms. The van der Waals surface area contributed by atoms with Gasteiger partial charge >= 0.3 is 0 Å². The molecule has 0 fully saturated rings. The van der Waals surface area contributed by atoms with Crippen molar-refractivity contribution in [2.75, 3.05) is 13.1 Å². The number of benzene rings is 1. The molecule has 0 bridgehead atoms. The Morgan fingerprint density at radius 1 is 1.11 bits per heavy atom. The van der Waals surface area contributed by atoms with Crippen molar-refractivity contribution in [3.8, 4) is 5.75 Å². The first-order valence-corrected chi connectivity index (χ1v) is 7.65. The summed E-state index contributed by atoms with van der Waals surface area (Å²) in [7, 11) is 0. The maximum Gasteiger partial charge on any atom is 0.123 e. The van der Waals surface area contributed by atoms with E-state index in [1.807, 2.05) is 0 Å². The molecule has 0 spiro atoms. The third kappa shape index (κ3) is 5.65. The Bertz CT molecular complexity index is 349. The van der Waals surface area contributed by atoms with Crippen molar-refractivity contribution >= 4 is 0 Å². The van der Waals surface area contributed by atoms with Gasteiger partial charge in [-0.15, -0.1) is 0 Å². The maximum absolute atomic E-state index is 6.23. The zero-order chi connectivity index (χ0) is 14.1. The summed E-state index contributed by atoms with van der Waals surface area (Å²) in [6, 6.07) is 8.41. The smallest absolute Gasteiger partial charge is 0.123 e. The molecule has 0 aliphatic heterocycles. The number of ether oxygens (including phenoxy) is 1. The molecule has 1 unspecified atom stereocenters. The molecule has 1 aromatic carbocycles. The summed E-state index contributed by atoms with van der Waals surface area (Å²) in [6.45, 7) is 10.8. The highest BCUT2D eigenvalue weighted by molar-refractivity contribution is 5.35. The van der Waals surface area contributed by atoms with Crippen LogP contribution < -0.4 is 10.1 Å². The van der Waals surface area contributed by atoms with Crippen LogP contribution in [0.3, 0.4) is 0 Å². The second kappa shape index (κ2) is 8.98. The minimum Gasteiger partial charge on any atom is -0.489 e. The average Bonchev–Trinajstić information content (AvgIpc) is 2.39. The third-order valence-corrected chi connectivity index (χ3v) is 3.24. The van der Waals surface area contributed by atoms with E-state index < -0.39 is 0 Å². The highest BCUT2D eigenvalue weighted by Gasteiger charge is 2.13. The minimum atomic E-state index is 0.274. The van der Waals surface area contributed by atoms with Crippen molar-refractivity contribution in [2.24, 2.45) is 0 Å². The van der Waals surface area contributed by atoms with Crippen LogP contribution in [0.2, 0.25) is 0 Å². The third-order valence-electron chi connectivity index (χ3n) is 3.24. The molecule has 108 valence electrons. The zero-order valence-electron chi connectivity index (χ0n) is 12.9. The zero-order valence-corrected chi connectivity index (χ0v) is 12.9. The van der Waals surface area contributed by atoms with Gasteiger partial charge in [-0.25, -0.2) is 0 Å². The van der Waals surface area contributed by atoms with E-state index in [1.54, 1.807) is 0 Å². The molecule has 1 N–H and O–H groups in total. The Kier molecular flexibility index (Phi) is 7.57. The van der Waals surface area contributed by atoms with Crippen molar-refractivity contribution < 1.29 is 4.74 Å². The first-order chi connectivity index (χ1) is 9.19. The molecule has 1 aromatic rings. The summed E-state index contributed by atoms with van der Waals surface area (Å²) in [5, 5.41) is 3.46. The summed E-state index contributed by atoms with van der Waals surface area (Å²) in [5.74, 6) is 1.55. The summed E-state index contributed by atoms with van der Waals surface area (Å²) in [6.07, 6.45) is 3.70. The van der Waals surface area contributed by atoms with E-state index in [0.29, 0.717) is 5.92 Å². The van der Waals surface area contributed by atoms with Crippen LogP contribution in [0, 0.1) is 0 Å². The topological polar surface area (TPSA) is 21.3 Å². The Labute approximate surface area is 118 Å². The lowest BCUT2D eigenvalue weighted by atomic mass is 10.0. The van der Waals surface area contributed by atoms with Crippen molar-refractivity contribution in [2.45, 2.75) is 59.0 Å². The van der Waals surface area contributed by atoms with Gasteiger partial charge in [0, 0.05) is 6.54 Å². The Morgan fingerprint density at radius 3 is 2.47 bits per heavy atom. The molecule has 19 heavy (non-hydrogen) atoms. The quantitative estimate of drug-likeness (QED) is 0.668. The molecule has 0 aromatic heterocycles. The number of hydrogen-bond acceptors (Lipinski definition) is 2. The van der Waals surface area contributed by atoms with Crippen molar-refractivity contribution in [3.63, 3.8) is 0 Å². The Morgan fingerprint density at radius 2 is 1.84 bits per heavy atom. The molecular weight excluding hydrogens is 234 g/mol. The molecule has 0 amide bonds. The van der Waals surface area contributed by atoms with Crippen LogP contribution in [0.5, 0.6) is 5.75 Å². The molecule has 0 radical (unpaired) electrons.